The second-order valence-electron chi connectivity index (χ2n) is 7.14. The number of hydrogen-bond acceptors (Lipinski definition) is 4. The van der Waals surface area contributed by atoms with Gasteiger partial charge in [-0.05, 0) is 49.7 Å². The highest BCUT2D eigenvalue weighted by Crippen LogP contribution is 2.42. The van der Waals surface area contributed by atoms with Crippen molar-refractivity contribution in [2.24, 2.45) is 23.5 Å². The van der Waals surface area contributed by atoms with E-state index in [1.807, 2.05) is 12.1 Å². The fourth-order valence-corrected chi connectivity index (χ4v) is 4.45. The zero-order valence-electron chi connectivity index (χ0n) is 15.1. The number of carbonyl (C=O) groups excluding carboxylic acids is 1. The predicted molar refractivity (Wildman–Crippen MR) is 106 cm³/mol. The second kappa shape index (κ2) is 9.79. The van der Waals surface area contributed by atoms with Gasteiger partial charge in [0.15, 0.2) is 5.75 Å². The SMILES string of the molecule is COCCOc1c(Cl)cccc1NC(=O)C1CC2CCCC(C1)C2N.Cl. The minimum atomic E-state index is 0. The highest BCUT2D eigenvalue weighted by Gasteiger charge is 2.40. The molecule has 0 spiro atoms. The lowest BCUT2D eigenvalue weighted by Gasteiger charge is -2.43. The minimum Gasteiger partial charge on any atom is -0.487 e. The van der Waals surface area contributed by atoms with E-state index in [4.69, 9.17) is 26.8 Å². The third kappa shape index (κ3) is 4.83. The maximum absolute atomic E-state index is 12.8. The van der Waals surface area contributed by atoms with Crippen LogP contribution in [0, 0.1) is 17.8 Å². The van der Waals surface area contributed by atoms with E-state index in [2.05, 4.69) is 5.32 Å². The summed E-state index contributed by atoms with van der Waals surface area (Å²) in [5.74, 6) is 1.51. The Morgan fingerprint density at radius 2 is 1.96 bits per heavy atom. The molecule has 3 N–H and O–H groups in total. The van der Waals surface area contributed by atoms with Crippen LogP contribution in [-0.4, -0.2) is 32.3 Å². The zero-order valence-corrected chi connectivity index (χ0v) is 16.7. The van der Waals surface area contributed by atoms with Gasteiger partial charge in [-0.2, -0.15) is 0 Å². The van der Waals surface area contributed by atoms with Gasteiger partial charge in [0, 0.05) is 19.1 Å². The van der Waals surface area contributed by atoms with Crippen LogP contribution in [0.4, 0.5) is 5.69 Å². The van der Waals surface area contributed by atoms with Crippen molar-refractivity contribution in [1.82, 2.24) is 0 Å². The molecule has 0 saturated heterocycles. The number of hydrogen-bond donors (Lipinski definition) is 2. The summed E-state index contributed by atoms with van der Waals surface area (Å²) in [7, 11) is 1.61. The molecule has 1 aromatic carbocycles. The number of para-hydroxylation sites is 1. The van der Waals surface area contributed by atoms with Gasteiger partial charge in [0.1, 0.15) is 6.61 Å². The molecule has 1 aromatic rings. The normalized spacial score (nSPS) is 27.3. The Balaban J connectivity index is 0.00000243. The van der Waals surface area contributed by atoms with Crippen LogP contribution in [0.15, 0.2) is 18.2 Å². The van der Waals surface area contributed by atoms with E-state index in [-0.39, 0.29) is 30.3 Å². The van der Waals surface area contributed by atoms with Crippen molar-refractivity contribution in [2.45, 2.75) is 38.1 Å². The van der Waals surface area contributed by atoms with Gasteiger partial charge < -0.3 is 20.5 Å². The Bertz CT molecular complexity index is 600. The minimum absolute atomic E-state index is 0. The molecule has 2 atom stereocenters. The summed E-state index contributed by atoms with van der Waals surface area (Å²) in [5, 5.41) is 3.50. The van der Waals surface area contributed by atoms with Crippen LogP contribution in [0.5, 0.6) is 5.75 Å². The number of nitrogens with one attached hydrogen (secondary N) is 1. The van der Waals surface area contributed by atoms with Crippen LogP contribution >= 0.6 is 24.0 Å². The number of benzene rings is 1. The molecule has 2 aliphatic rings. The lowest BCUT2D eigenvalue weighted by molar-refractivity contribution is -0.122. The highest BCUT2D eigenvalue weighted by molar-refractivity contribution is 6.32. The number of nitrogens with two attached hydrogens (primary N) is 1. The molecule has 1 amide bonds. The summed E-state index contributed by atoms with van der Waals surface area (Å²) < 4.78 is 10.7. The van der Waals surface area contributed by atoms with Crippen molar-refractivity contribution >= 4 is 35.6 Å². The van der Waals surface area contributed by atoms with Gasteiger partial charge in [0.2, 0.25) is 5.91 Å². The van der Waals surface area contributed by atoms with E-state index in [0.29, 0.717) is 41.5 Å². The molecular formula is C19H28Cl2N2O3. The van der Waals surface area contributed by atoms with E-state index >= 15 is 0 Å². The monoisotopic (exact) mass is 402 g/mol. The van der Waals surface area contributed by atoms with Crippen molar-refractivity contribution in [3.63, 3.8) is 0 Å². The van der Waals surface area contributed by atoms with E-state index < -0.39 is 0 Å². The van der Waals surface area contributed by atoms with Crippen LogP contribution in [-0.2, 0) is 9.53 Å². The van der Waals surface area contributed by atoms with E-state index in [1.165, 1.54) is 6.42 Å². The third-order valence-corrected chi connectivity index (χ3v) is 5.84. The highest BCUT2D eigenvalue weighted by atomic mass is 35.5. The predicted octanol–water partition coefficient (Wildman–Crippen LogP) is 3.88. The molecule has 0 radical (unpaired) electrons. The van der Waals surface area contributed by atoms with Crippen molar-refractivity contribution < 1.29 is 14.3 Å². The molecule has 5 nitrogen and oxygen atoms in total. The van der Waals surface area contributed by atoms with Gasteiger partial charge >= 0.3 is 0 Å². The summed E-state index contributed by atoms with van der Waals surface area (Å²) >= 11 is 6.24. The van der Waals surface area contributed by atoms with Crippen LogP contribution in [0.3, 0.4) is 0 Å². The van der Waals surface area contributed by atoms with Gasteiger partial charge in [-0.3, -0.25) is 4.79 Å². The first-order valence-electron chi connectivity index (χ1n) is 9.07. The van der Waals surface area contributed by atoms with Crippen LogP contribution in [0.1, 0.15) is 32.1 Å². The molecule has 0 heterocycles. The number of methoxy groups -OCH3 is 1. The molecule has 26 heavy (non-hydrogen) atoms. The van der Waals surface area contributed by atoms with Gasteiger partial charge in [-0.1, -0.05) is 24.1 Å². The lowest BCUT2D eigenvalue weighted by atomic mass is 9.65. The second-order valence-corrected chi connectivity index (χ2v) is 7.55. The first kappa shape index (κ1) is 21.3. The Hall–Kier alpha value is -1.01. The molecular weight excluding hydrogens is 375 g/mol. The zero-order chi connectivity index (χ0) is 17.8. The standard InChI is InChI=1S/C19H27ClN2O3.ClH/c1-24-8-9-25-18-15(20)6-3-7-16(18)22-19(23)14-10-12-4-2-5-13(11-14)17(12)21;/h3,6-7,12-14,17H,2,4-5,8-11,21H2,1H3,(H,22,23);1H. The molecule has 2 unspecified atom stereocenters. The lowest BCUT2D eigenvalue weighted by Crippen LogP contribution is -2.48. The van der Waals surface area contributed by atoms with Gasteiger partial charge in [0.05, 0.1) is 17.3 Å². The van der Waals surface area contributed by atoms with Crippen LogP contribution in [0.2, 0.25) is 5.02 Å². The van der Waals surface area contributed by atoms with Crippen LogP contribution < -0.4 is 15.8 Å². The number of fused-ring (bicyclic) bond motifs is 2. The number of anilines is 1. The maximum Gasteiger partial charge on any atom is 0.227 e. The van der Waals surface area contributed by atoms with Crippen LogP contribution in [0.25, 0.3) is 0 Å². The smallest absolute Gasteiger partial charge is 0.227 e. The topological polar surface area (TPSA) is 73.6 Å². The maximum atomic E-state index is 12.8. The van der Waals surface area contributed by atoms with E-state index in [9.17, 15) is 4.79 Å². The molecule has 7 heteroatoms. The largest absolute Gasteiger partial charge is 0.487 e. The van der Waals surface area contributed by atoms with Gasteiger partial charge in [0.25, 0.3) is 0 Å². The number of ether oxygens (including phenoxy) is 2. The van der Waals surface area contributed by atoms with Crippen molar-refractivity contribution in [2.75, 3.05) is 25.6 Å². The number of rotatable bonds is 6. The van der Waals surface area contributed by atoms with Gasteiger partial charge in [-0.15, -0.1) is 12.4 Å². The Labute approximate surface area is 166 Å². The molecule has 0 aromatic heterocycles. The molecule has 146 valence electrons. The number of amides is 1. The number of halogens is 2. The fraction of sp³-hybridized carbons (Fsp3) is 0.632. The molecule has 2 saturated carbocycles. The Kier molecular flexibility index (Phi) is 8.02. The average molecular weight is 403 g/mol. The third-order valence-electron chi connectivity index (χ3n) is 5.54. The first-order valence-corrected chi connectivity index (χ1v) is 9.44. The molecule has 2 fully saturated rings. The van der Waals surface area contributed by atoms with Crippen molar-refractivity contribution in [1.29, 1.82) is 0 Å². The Morgan fingerprint density at radius 1 is 1.27 bits per heavy atom. The fourth-order valence-electron chi connectivity index (χ4n) is 4.22. The van der Waals surface area contributed by atoms with Crippen molar-refractivity contribution in [3.05, 3.63) is 23.2 Å². The molecule has 3 rings (SSSR count). The Morgan fingerprint density at radius 3 is 2.62 bits per heavy atom. The summed E-state index contributed by atoms with van der Waals surface area (Å²) in [4.78, 5) is 12.8. The molecule has 2 bridgehead atoms. The average Bonchev–Trinajstić information content (AvgIpc) is 2.57. The first-order chi connectivity index (χ1) is 12.1. The summed E-state index contributed by atoms with van der Waals surface area (Å²) in [6.45, 7) is 0.841. The quantitative estimate of drug-likeness (QED) is 0.707. The van der Waals surface area contributed by atoms with E-state index in [1.54, 1.807) is 13.2 Å². The molecule has 2 aliphatic carbocycles. The summed E-state index contributed by atoms with van der Waals surface area (Å²) in [6.07, 6.45) is 5.28. The summed E-state index contributed by atoms with van der Waals surface area (Å²) in [6, 6.07) is 5.65. The number of carbonyl (C=O) groups is 1. The van der Waals surface area contributed by atoms with Crippen molar-refractivity contribution in [3.8, 4) is 5.75 Å². The van der Waals surface area contributed by atoms with E-state index in [0.717, 1.165) is 25.7 Å². The summed E-state index contributed by atoms with van der Waals surface area (Å²) in [5.41, 5.74) is 6.95. The van der Waals surface area contributed by atoms with Gasteiger partial charge in [-0.25, -0.2) is 0 Å². The molecule has 0 aliphatic heterocycles.